The van der Waals surface area contributed by atoms with Crippen molar-refractivity contribution in [1.82, 2.24) is 0 Å². The van der Waals surface area contributed by atoms with Gasteiger partial charge in [0.2, 0.25) is 0 Å². The van der Waals surface area contributed by atoms with E-state index in [2.05, 4.69) is 0 Å². The Labute approximate surface area is 197 Å². The number of aliphatic hydroxyl groups excluding tert-OH is 8. The number of aliphatic hydroxyl groups is 8. The summed E-state index contributed by atoms with van der Waals surface area (Å²) in [7, 11) is 0. The summed E-state index contributed by atoms with van der Waals surface area (Å²) in [4.78, 5) is 0. The quantitative estimate of drug-likeness (QED) is 0.118. The minimum absolute atomic E-state index is 0.223. The molecule has 0 aliphatic carbocycles. The Morgan fingerprint density at radius 1 is 0.788 bits per heavy atom. The van der Waals surface area contributed by atoms with Crippen LogP contribution in [0.15, 0.2) is 0 Å². The van der Waals surface area contributed by atoms with Crippen molar-refractivity contribution in [3.8, 4) is 0 Å². The Balaban J connectivity index is 1.93. The predicted molar refractivity (Wildman–Crippen MR) is 115 cm³/mol. The lowest BCUT2D eigenvalue weighted by molar-refractivity contribution is -0.367. The highest BCUT2D eigenvalue weighted by molar-refractivity contribution is 7.99. The maximum absolute atomic E-state index is 10.5. The Kier molecular flexibility index (Phi) is 12.7. The second-order valence-electron chi connectivity index (χ2n) is 8.36. The average Bonchev–Trinajstić information content (AvgIpc) is 2.79. The van der Waals surface area contributed by atoms with E-state index in [4.69, 9.17) is 18.9 Å². The van der Waals surface area contributed by atoms with E-state index in [-0.39, 0.29) is 12.7 Å². The molecule has 0 aromatic heterocycles. The van der Waals surface area contributed by atoms with Crippen LogP contribution in [0.4, 0.5) is 0 Å². The van der Waals surface area contributed by atoms with E-state index in [0.29, 0.717) is 12.2 Å². The fraction of sp³-hybridized carbons (Fsp3) is 1.00. The molecule has 11 atom stereocenters. The van der Waals surface area contributed by atoms with Gasteiger partial charge in [-0.2, -0.15) is 11.8 Å². The van der Waals surface area contributed by atoms with Crippen molar-refractivity contribution in [3.05, 3.63) is 0 Å². The van der Waals surface area contributed by atoms with Gasteiger partial charge in [0.25, 0.3) is 0 Å². The topological polar surface area (TPSA) is 199 Å². The first kappa shape index (κ1) is 29.1. The first-order valence-corrected chi connectivity index (χ1v) is 12.3. The van der Waals surface area contributed by atoms with Crippen molar-refractivity contribution in [3.63, 3.8) is 0 Å². The van der Waals surface area contributed by atoms with E-state index in [0.717, 1.165) is 18.6 Å². The molecular formula is C20H38O12S. The van der Waals surface area contributed by atoms with Crippen molar-refractivity contribution >= 4 is 11.8 Å². The highest BCUT2D eigenvalue weighted by Gasteiger charge is 2.50. The summed E-state index contributed by atoms with van der Waals surface area (Å²) in [5, 5.41) is 78.9. The largest absolute Gasteiger partial charge is 0.394 e. The van der Waals surface area contributed by atoms with Crippen molar-refractivity contribution in [2.24, 2.45) is 0 Å². The van der Waals surface area contributed by atoms with E-state index in [1.807, 2.05) is 0 Å². The molecule has 2 aliphatic heterocycles. The van der Waals surface area contributed by atoms with Crippen molar-refractivity contribution < 1.29 is 59.8 Å². The normalized spacial score (nSPS) is 40.6. The lowest BCUT2D eigenvalue weighted by Gasteiger charge is -2.45. The molecule has 33 heavy (non-hydrogen) atoms. The van der Waals surface area contributed by atoms with Crippen LogP contribution in [0.3, 0.4) is 0 Å². The number of hydrogen-bond acceptors (Lipinski definition) is 13. The molecule has 2 aliphatic rings. The minimum atomic E-state index is -1.71. The molecule has 0 aromatic carbocycles. The van der Waals surface area contributed by atoms with E-state index >= 15 is 0 Å². The van der Waals surface area contributed by atoms with Crippen LogP contribution in [0, 0.1) is 0 Å². The minimum Gasteiger partial charge on any atom is -0.394 e. The molecule has 2 heterocycles. The number of hydrogen-bond donors (Lipinski definition) is 8. The van der Waals surface area contributed by atoms with Gasteiger partial charge in [-0.25, -0.2) is 0 Å². The SMILES string of the molecule is CC(O)CSCCCCCO[C@@H]1OC(CO)[C@@H](O)[C@H](O)C1O[C@@H]1OC(CO)[C@@H](O)[C@H](O)C1O. The predicted octanol–water partition coefficient (Wildman–Crippen LogP) is -3.09. The molecule has 2 fully saturated rings. The Hall–Kier alpha value is -0.130. The molecule has 8 N–H and O–H groups in total. The second kappa shape index (κ2) is 14.4. The average molecular weight is 503 g/mol. The maximum Gasteiger partial charge on any atom is 0.187 e. The van der Waals surface area contributed by atoms with Gasteiger partial charge in [0, 0.05) is 12.4 Å². The first-order chi connectivity index (χ1) is 15.7. The molecule has 0 aromatic rings. The molecule has 0 bridgehead atoms. The number of rotatable bonds is 13. The maximum atomic E-state index is 10.5. The highest BCUT2D eigenvalue weighted by atomic mass is 32.2. The molecule has 12 nitrogen and oxygen atoms in total. The monoisotopic (exact) mass is 502 g/mol. The molecule has 2 rings (SSSR count). The van der Waals surface area contributed by atoms with E-state index < -0.39 is 74.6 Å². The third-order valence-corrected chi connectivity index (χ3v) is 6.83. The second-order valence-corrected chi connectivity index (χ2v) is 9.51. The summed E-state index contributed by atoms with van der Waals surface area (Å²) in [5.41, 5.74) is 0. The van der Waals surface area contributed by atoms with Gasteiger partial charge in [-0.1, -0.05) is 6.42 Å². The molecule has 0 radical (unpaired) electrons. The van der Waals surface area contributed by atoms with Crippen LogP contribution in [0.2, 0.25) is 0 Å². The van der Waals surface area contributed by atoms with Gasteiger partial charge in [-0.3, -0.25) is 0 Å². The summed E-state index contributed by atoms with van der Waals surface area (Å²) >= 11 is 1.66. The van der Waals surface area contributed by atoms with Gasteiger partial charge in [-0.15, -0.1) is 0 Å². The third kappa shape index (κ3) is 8.20. The van der Waals surface area contributed by atoms with Gasteiger partial charge < -0.3 is 59.8 Å². The zero-order chi connectivity index (χ0) is 24.5. The summed E-state index contributed by atoms with van der Waals surface area (Å²) in [5.74, 6) is 1.57. The smallest absolute Gasteiger partial charge is 0.187 e. The van der Waals surface area contributed by atoms with Crippen LogP contribution in [-0.2, 0) is 18.9 Å². The van der Waals surface area contributed by atoms with Crippen LogP contribution < -0.4 is 0 Å². The zero-order valence-electron chi connectivity index (χ0n) is 18.6. The zero-order valence-corrected chi connectivity index (χ0v) is 19.4. The molecular weight excluding hydrogens is 464 g/mol. The Bertz CT molecular complexity index is 541. The van der Waals surface area contributed by atoms with Crippen LogP contribution in [-0.4, -0.2) is 140 Å². The van der Waals surface area contributed by atoms with Crippen LogP contribution in [0.5, 0.6) is 0 Å². The molecule has 0 amide bonds. The molecule has 0 saturated carbocycles. The molecule has 0 spiro atoms. The van der Waals surface area contributed by atoms with Gasteiger partial charge in [0.1, 0.15) is 48.8 Å². The number of ether oxygens (including phenoxy) is 4. The van der Waals surface area contributed by atoms with Crippen LogP contribution in [0.1, 0.15) is 26.2 Å². The van der Waals surface area contributed by atoms with Gasteiger partial charge in [0.05, 0.1) is 19.3 Å². The fourth-order valence-corrected chi connectivity index (χ4v) is 4.52. The number of thioether (sulfide) groups is 1. The van der Waals surface area contributed by atoms with E-state index in [1.54, 1.807) is 18.7 Å². The van der Waals surface area contributed by atoms with Crippen molar-refractivity contribution in [2.75, 3.05) is 31.3 Å². The lowest BCUT2D eigenvalue weighted by atomic mass is 9.97. The lowest BCUT2D eigenvalue weighted by Crippen LogP contribution is -2.64. The molecule has 196 valence electrons. The molecule has 13 heteroatoms. The van der Waals surface area contributed by atoms with Crippen molar-refractivity contribution in [2.45, 2.75) is 93.7 Å². The molecule has 2 saturated heterocycles. The Morgan fingerprint density at radius 2 is 1.39 bits per heavy atom. The first-order valence-electron chi connectivity index (χ1n) is 11.2. The van der Waals surface area contributed by atoms with E-state index in [1.165, 1.54) is 0 Å². The third-order valence-electron chi connectivity index (χ3n) is 5.54. The number of unbranched alkanes of at least 4 members (excludes halogenated alkanes) is 2. The van der Waals surface area contributed by atoms with Gasteiger partial charge >= 0.3 is 0 Å². The molecule has 5 unspecified atom stereocenters. The Morgan fingerprint density at radius 3 is 2.00 bits per heavy atom. The van der Waals surface area contributed by atoms with Gasteiger partial charge in [-0.05, 0) is 25.5 Å². The van der Waals surface area contributed by atoms with Crippen LogP contribution in [0.25, 0.3) is 0 Å². The van der Waals surface area contributed by atoms with E-state index in [9.17, 15) is 40.9 Å². The summed E-state index contributed by atoms with van der Waals surface area (Å²) < 4.78 is 22.1. The van der Waals surface area contributed by atoms with Crippen molar-refractivity contribution in [1.29, 1.82) is 0 Å². The van der Waals surface area contributed by atoms with Gasteiger partial charge in [0.15, 0.2) is 12.6 Å². The van der Waals surface area contributed by atoms with Crippen LogP contribution >= 0.6 is 11.8 Å². The fourth-order valence-electron chi connectivity index (χ4n) is 3.61. The highest BCUT2D eigenvalue weighted by Crippen LogP contribution is 2.29. The summed E-state index contributed by atoms with van der Waals surface area (Å²) in [6, 6.07) is 0. The summed E-state index contributed by atoms with van der Waals surface area (Å²) in [6.45, 7) is 0.727. The summed E-state index contributed by atoms with van der Waals surface area (Å²) in [6.07, 6.45) is -12.5. The standard InChI is InChI=1S/C20H38O12S/c1-10(23)9-33-6-4-2-3-5-29-20-18(16(27)14(25)12(8-22)31-20)32-19-17(28)15(26)13(24)11(7-21)30-19/h10-28H,2-9H2,1H3/t10?,11?,12?,13-,14-,15+,16+,17?,18?,19+,20-/m1/s1.